The third-order valence-corrected chi connectivity index (χ3v) is 6.26. The number of sulfonamides is 1. The van der Waals surface area contributed by atoms with E-state index in [0.29, 0.717) is 21.4 Å². The first-order chi connectivity index (χ1) is 11.9. The summed E-state index contributed by atoms with van der Waals surface area (Å²) in [6, 6.07) is 5.97. The Morgan fingerprint density at radius 2 is 2.16 bits per heavy atom. The Morgan fingerprint density at radius 1 is 1.36 bits per heavy atom. The number of fused-ring (bicyclic) bond motifs is 1. The summed E-state index contributed by atoms with van der Waals surface area (Å²) in [6.07, 6.45) is 2.18. The molecule has 8 nitrogen and oxygen atoms in total. The first-order valence-corrected chi connectivity index (χ1v) is 10.1. The number of hydrogen-bond acceptors (Lipinski definition) is 7. The van der Waals surface area contributed by atoms with Gasteiger partial charge in [0.25, 0.3) is 0 Å². The number of carbonyl (C=O) groups is 1. The van der Waals surface area contributed by atoms with Crippen LogP contribution in [0.3, 0.4) is 0 Å². The second-order valence-corrected chi connectivity index (χ2v) is 8.74. The quantitative estimate of drug-likeness (QED) is 0.656. The van der Waals surface area contributed by atoms with Gasteiger partial charge in [0, 0.05) is 11.5 Å². The van der Waals surface area contributed by atoms with Crippen molar-refractivity contribution in [2.45, 2.75) is 37.1 Å². The van der Waals surface area contributed by atoms with Gasteiger partial charge in [0.1, 0.15) is 5.01 Å². The Kier molecular flexibility index (Phi) is 3.89. The highest BCUT2D eigenvalue weighted by Gasteiger charge is 2.30. The molecule has 0 unspecified atom stereocenters. The van der Waals surface area contributed by atoms with Crippen molar-refractivity contribution < 1.29 is 13.2 Å². The van der Waals surface area contributed by atoms with Crippen LogP contribution in [0.4, 0.5) is 0 Å². The minimum absolute atomic E-state index is 0.0573. The van der Waals surface area contributed by atoms with Crippen LogP contribution in [0.2, 0.25) is 0 Å². The number of nitrogens with zero attached hydrogens (tertiary/aromatic N) is 4. The molecule has 0 bridgehead atoms. The zero-order valence-corrected chi connectivity index (χ0v) is 15.0. The predicted molar refractivity (Wildman–Crippen MR) is 91.1 cm³/mol. The van der Waals surface area contributed by atoms with Crippen LogP contribution in [0.15, 0.2) is 29.2 Å². The molecule has 0 amide bonds. The van der Waals surface area contributed by atoms with Gasteiger partial charge in [-0.05, 0) is 31.9 Å². The molecule has 1 fully saturated rings. The molecule has 10 heteroatoms. The number of ketones is 1. The van der Waals surface area contributed by atoms with E-state index in [1.54, 1.807) is 16.6 Å². The summed E-state index contributed by atoms with van der Waals surface area (Å²) >= 11 is 1.30. The lowest BCUT2D eigenvalue weighted by atomic mass is 10.2. The Morgan fingerprint density at radius 3 is 2.88 bits per heavy atom. The van der Waals surface area contributed by atoms with Gasteiger partial charge in [0.2, 0.25) is 15.0 Å². The summed E-state index contributed by atoms with van der Waals surface area (Å²) in [6.45, 7) is 1.46. The lowest BCUT2D eigenvalue weighted by molar-refractivity contribution is 0.101. The molecule has 1 aromatic carbocycles. The average Bonchev–Trinajstić information content (AvgIpc) is 3.22. The van der Waals surface area contributed by atoms with E-state index in [1.807, 2.05) is 0 Å². The van der Waals surface area contributed by atoms with Gasteiger partial charge < -0.3 is 0 Å². The van der Waals surface area contributed by atoms with Gasteiger partial charge in [-0.15, -0.1) is 10.2 Å². The van der Waals surface area contributed by atoms with E-state index in [4.69, 9.17) is 0 Å². The van der Waals surface area contributed by atoms with Crippen molar-refractivity contribution in [3.63, 3.8) is 0 Å². The van der Waals surface area contributed by atoms with Gasteiger partial charge in [-0.2, -0.15) is 9.61 Å². The number of rotatable bonds is 6. The molecule has 1 aliphatic carbocycles. The first-order valence-electron chi connectivity index (χ1n) is 7.76. The van der Waals surface area contributed by atoms with Crippen LogP contribution in [0.25, 0.3) is 4.96 Å². The van der Waals surface area contributed by atoms with E-state index in [2.05, 4.69) is 20.0 Å². The number of benzene rings is 1. The Hall–Kier alpha value is -2.17. The maximum Gasteiger partial charge on any atom is 0.240 e. The maximum absolute atomic E-state index is 12.4. The fourth-order valence-electron chi connectivity index (χ4n) is 2.46. The first kappa shape index (κ1) is 16.3. The van der Waals surface area contributed by atoms with E-state index in [0.717, 1.165) is 18.7 Å². The highest BCUT2D eigenvalue weighted by Crippen LogP contribution is 2.39. The minimum Gasteiger partial charge on any atom is -0.295 e. The van der Waals surface area contributed by atoms with Gasteiger partial charge in [-0.3, -0.25) is 4.79 Å². The van der Waals surface area contributed by atoms with Crippen molar-refractivity contribution >= 4 is 32.1 Å². The van der Waals surface area contributed by atoms with Crippen LogP contribution >= 0.6 is 11.3 Å². The largest absolute Gasteiger partial charge is 0.295 e. The lowest BCUT2D eigenvalue weighted by Gasteiger charge is -2.06. The molecule has 3 aromatic rings. The molecule has 130 valence electrons. The van der Waals surface area contributed by atoms with Gasteiger partial charge in [0.05, 0.1) is 11.4 Å². The minimum atomic E-state index is -3.73. The molecule has 1 saturated carbocycles. The zero-order chi connectivity index (χ0) is 17.6. The summed E-state index contributed by atoms with van der Waals surface area (Å²) in [4.78, 5) is 12.1. The Labute approximate surface area is 147 Å². The molecule has 4 rings (SSSR count). The molecule has 0 aliphatic heterocycles. The molecule has 0 saturated heterocycles. The van der Waals surface area contributed by atoms with Crippen LogP contribution < -0.4 is 4.72 Å². The van der Waals surface area contributed by atoms with Crippen molar-refractivity contribution in [1.29, 1.82) is 0 Å². The van der Waals surface area contributed by atoms with E-state index in [1.165, 1.54) is 30.4 Å². The van der Waals surface area contributed by atoms with Crippen LogP contribution in [-0.2, 0) is 16.6 Å². The second kappa shape index (κ2) is 5.97. The highest BCUT2D eigenvalue weighted by atomic mass is 32.2. The Balaban J connectivity index is 1.53. The molecule has 25 heavy (non-hydrogen) atoms. The second-order valence-electron chi connectivity index (χ2n) is 5.93. The van der Waals surface area contributed by atoms with Crippen molar-refractivity contribution in [3.05, 3.63) is 40.7 Å². The van der Waals surface area contributed by atoms with Crippen LogP contribution in [0.1, 0.15) is 46.9 Å². The molecule has 1 N–H and O–H groups in total. The standard InChI is InChI=1S/C15H15N5O3S2/c1-9(21)11-3-2-4-12(7-11)25(22,23)16-8-13-19-20-14(10-5-6-10)17-18-15(20)24-13/h2-4,7,10,16H,5-6,8H2,1H3. The number of hydrogen-bond donors (Lipinski definition) is 1. The molecular weight excluding hydrogens is 362 g/mol. The van der Waals surface area contributed by atoms with Gasteiger partial charge in [-0.25, -0.2) is 13.1 Å². The van der Waals surface area contributed by atoms with Crippen LogP contribution in [0.5, 0.6) is 0 Å². The van der Waals surface area contributed by atoms with E-state index in [-0.39, 0.29) is 17.2 Å². The fourth-order valence-corrected chi connectivity index (χ4v) is 4.37. The summed E-state index contributed by atoms with van der Waals surface area (Å²) in [5.41, 5.74) is 0.357. The summed E-state index contributed by atoms with van der Waals surface area (Å²) in [7, 11) is -3.73. The van der Waals surface area contributed by atoms with E-state index < -0.39 is 10.0 Å². The number of carbonyl (C=O) groups excluding carboxylic acids is 1. The molecule has 0 spiro atoms. The average molecular weight is 377 g/mol. The molecular formula is C15H15N5O3S2. The molecule has 1 aliphatic rings. The zero-order valence-electron chi connectivity index (χ0n) is 13.3. The molecule has 0 atom stereocenters. The summed E-state index contributed by atoms with van der Waals surface area (Å²) < 4.78 is 29.1. The Bertz CT molecular complexity index is 1070. The van der Waals surface area contributed by atoms with Crippen molar-refractivity contribution in [1.82, 2.24) is 24.5 Å². The number of Topliss-reactive ketones (excluding diaryl/α,β-unsaturated/α-hetero) is 1. The molecule has 2 aromatic heterocycles. The van der Waals surface area contributed by atoms with Gasteiger partial charge >= 0.3 is 0 Å². The fraction of sp³-hybridized carbons (Fsp3) is 0.333. The maximum atomic E-state index is 12.4. The summed E-state index contributed by atoms with van der Waals surface area (Å²) in [5, 5.41) is 13.2. The summed E-state index contributed by atoms with van der Waals surface area (Å²) in [5.74, 6) is 1.07. The van der Waals surface area contributed by atoms with Crippen LogP contribution in [-0.4, -0.2) is 34.0 Å². The highest BCUT2D eigenvalue weighted by molar-refractivity contribution is 7.89. The number of nitrogens with one attached hydrogen (secondary N) is 1. The van der Waals surface area contributed by atoms with Crippen molar-refractivity contribution in [2.24, 2.45) is 0 Å². The normalized spacial score (nSPS) is 14.9. The van der Waals surface area contributed by atoms with E-state index >= 15 is 0 Å². The smallest absolute Gasteiger partial charge is 0.240 e. The monoisotopic (exact) mass is 377 g/mol. The number of aromatic nitrogens is 4. The topological polar surface area (TPSA) is 106 Å². The van der Waals surface area contributed by atoms with Crippen molar-refractivity contribution in [2.75, 3.05) is 0 Å². The molecule has 2 heterocycles. The van der Waals surface area contributed by atoms with Crippen molar-refractivity contribution in [3.8, 4) is 0 Å². The van der Waals surface area contributed by atoms with Gasteiger partial charge in [0.15, 0.2) is 11.6 Å². The molecule has 0 radical (unpaired) electrons. The lowest BCUT2D eigenvalue weighted by Crippen LogP contribution is -2.23. The predicted octanol–water partition coefficient (Wildman–Crippen LogP) is 1.74. The van der Waals surface area contributed by atoms with E-state index in [9.17, 15) is 13.2 Å². The van der Waals surface area contributed by atoms with Gasteiger partial charge in [-0.1, -0.05) is 23.5 Å². The third kappa shape index (κ3) is 3.20. The third-order valence-electron chi connectivity index (χ3n) is 3.96. The van der Waals surface area contributed by atoms with Crippen LogP contribution in [0, 0.1) is 0 Å². The SMILES string of the molecule is CC(=O)c1cccc(S(=O)(=O)NCc2nn3c(C4CC4)nnc3s2)c1.